The van der Waals surface area contributed by atoms with Crippen LogP contribution < -0.4 is 21.3 Å². The molecule has 156 valence electrons. The zero-order valence-corrected chi connectivity index (χ0v) is 17.2. The molecule has 8 nitrogen and oxygen atoms in total. The number of fused-ring (bicyclic) bond motifs is 2. The van der Waals surface area contributed by atoms with Crippen LogP contribution in [0.3, 0.4) is 0 Å². The van der Waals surface area contributed by atoms with E-state index in [9.17, 15) is 0 Å². The quantitative estimate of drug-likeness (QED) is 0.389. The Morgan fingerprint density at radius 3 is 2.70 bits per heavy atom. The Hall–Kier alpha value is -3.33. The largest absolute Gasteiger partial charge is 0.397 e. The molecular formula is C21H25FN8. The van der Waals surface area contributed by atoms with Gasteiger partial charge in [-0.05, 0) is 38.1 Å². The number of aromatic nitrogens is 4. The lowest BCUT2D eigenvalue weighted by atomic mass is 10.1. The van der Waals surface area contributed by atoms with Crippen molar-refractivity contribution in [2.45, 2.75) is 25.9 Å². The maximum Gasteiger partial charge on any atom is 0.163 e. The molecule has 1 aliphatic heterocycles. The number of benzene rings is 2. The van der Waals surface area contributed by atoms with Gasteiger partial charge in [0.15, 0.2) is 5.82 Å². The Labute approximate surface area is 173 Å². The summed E-state index contributed by atoms with van der Waals surface area (Å²) in [4.78, 5) is 2.21. The number of H-pyrrole nitrogens is 1. The highest BCUT2D eigenvalue weighted by Crippen LogP contribution is 2.33. The van der Waals surface area contributed by atoms with Gasteiger partial charge in [0.1, 0.15) is 11.3 Å². The van der Waals surface area contributed by atoms with Crippen LogP contribution in [0, 0.1) is 5.82 Å². The predicted molar refractivity (Wildman–Crippen MR) is 119 cm³/mol. The SMILES string of the molecule is C[C@@H]1CN(c2cc(F)c3c(Nc4cc(N)c5nn(C)cc5c4)n[nH]c3c2)C[C@@H](C)N1. The fourth-order valence-corrected chi connectivity index (χ4v) is 4.39. The van der Waals surface area contributed by atoms with E-state index in [1.54, 1.807) is 16.8 Å². The maximum absolute atomic E-state index is 15.1. The van der Waals surface area contributed by atoms with Crippen LogP contribution in [-0.2, 0) is 7.05 Å². The van der Waals surface area contributed by atoms with Gasteiger partial charge in [0.25, 0.3) is 0 Å². The van der Waals surface area contributed by atoms with Gasteiger partial charge < -0.3 is 21.3 Å². The highest BCUT2D eigenvalue weighted by molar-refractivity contribution is 5.97. The van der Waals surface area contributed by atoms with Crippen molar-refractivity contribution in [2.75, 3.05) is 29.0 Å². The van der Waals surface area contributed by atoms with Crippen LogP contribution in [0.1, 0.15) is 13.8 Å². The summed E-state index contributed by atoms with van der Waals surface area (Å²) in [6.45, 7) is 5.94. The van der Waals surface area contributed by atoms with Gasteiger partial charge in [0, 0.05) is 55.2 Å². The summed E-state index contributed by atoms with van der Waals surface area (Å²) in [6.07, 6.45) is 1.89. The summed E-state index contributed by atoms with van der Waals surface area (Å²) in [5.74, 6) is 0.117. The van der Waals surface area contributed by atoms with E-state index in [0.29, 0.717) is 34.5 Å². The Morgan fingerprint density at radius 2 is 1.93 bits per heavy atom. The minimum atomic E-state index is -0.312. The van der Waals surface area contributed by atoms with E-state index in [0.717, 1.165) is 35.4 Å². The molecule has 1 saturated heterocycles. The first-order chi connectivity index (χ1) is 14.4. The molecule has 0 spiro atoms. The Bertz CT molecular complexity index is 1230. The molecule has 0 bridgehead atoms. The van der Waals surface area contributed by atoms with Crippen molar-refractivity contribution in [3.63, 3.8) is 0 Å². The van der Waals surface area contributed by atoms with Crippen molar-refractivity contribution in [2.24, 2.45) is 7.05 Å². The van der Waals surface area contributed by atoms with E-state index in [2.05, 4.69) is 44.7 Å². The lowest BCUT2D eigenvalue weighted by Crippen LogP contribution is -2.54. The number of hydrogen-bond donors (Lipinski definition) is 4. The third kappa shape index (κ3) is 3.21. The van der Waals surface area contributed by atoms with E-state index in [1.807, 2.05) is 25.4 Å². The number of anilines is 4. The molecule has 0 unspecified atom stereocenters. The van der Waals surface area contributed by atoms with Crippen LogP contribution in [0.25, 0.3) is 21.8 Å². The maximum atomic E-state index is 15.1. The van der Waals surface area contributed by atoms with Crippen LogP contribution in [0.5, 0.6) is 0 Å². The van der Waals surface area contributed by atoms with Gasteiger partial charge in [-0.25, -0.2) is 4.39 Å². The number of nitrogens with zero attached hydrogens (tertiary/aromatic N) is 4. The van der Waals surface area contributed by atoms with E-state index in [-0.39, 0.29) is 5.82 Å². The Morgan fingerprint density at radius 1 is 1.17 bits per heavy atom. The molecular weight excluding hydrogens is 383 g/mol. The molecule has 0 aliphatic carbocycles. The molecule has 3 heterocycles. The number of nitrogens with two attached hydrogens (primary N) is 1. The van der Waals surface area contributed by atoms with Gasteiger partial charge in [0.05, 0.1) is 16.6 Å². The van der Waals surface area contributed by atoms with Crippen molar-refractivity contribution in [1.82, 2.24) is 25.3 Å². The summed E-state index contributed by atoms with van der Waals surface area (Å²) >= 11 is 0. The van der Waals surface area contributed by atoms with Crippen molar-refractivity contribution in [3.8, 4) is 0 Å². The second-order valence-corrected chi connectivity index (χ2v) is 8.23. The zero-order valence-electron chi connectivity index (χ0n) is 17.2. The molecule has 0 saturated carbocycles. The number of halogens is 1. The third-order valence-corrected chi connectivity index (χ3v) is 5.54. The van der Waals surface area contributed by atoms with Crippen LogP contribution in [0.15, 0.2) is 30.5 Å². The highest BCUT2D eigenvalue weighted by Gasteiger charge is 2.23. The van der Waals surface area contributed by atoms with Crippen molar-refractivity contribution in [1.29, 1.82) is 0 Å². The average molecular weight is 408 g/mol. The smallest absolute Gasteiger partial charge is 0.163 e. The predicted octanol–water partition coefficient (Wildman–Crippen LogP) is 3.10. The molecule has 2 aromatic carbocycles. The minimum absolute atomic E-state index is 0.312. The molecule has 2 atom stereocenters. The normalized spacial score (nSPS) is 19.7. The first-order valence-electron chi connectivity index (χ1n) is 10.1. The molecule has 1 aliphatic rings. The van der Waals surface area contributed by atoms with Gasteiger partial charge >= 0.3 is 0 Å². The molecule has 1 fully saturated rings. The lowest BCUT2D eigenvalue weighted by molar-refractivity contribution is 0.407. The first kappa shape index (κ1) is 18.7. The Balaban J connectivity index is 1.49. The van der Waals surface area contributed by atoms with Crippen LogP contribution in [-0.4, -0.2) is 45.2 Å². The second kappa shape index (κ2) is 6.88. The van der Waals surface area contributed by atoms with E-state index >= 15 is 4.39 Å². The molecule has 4 aromatic rings. The molecule has 5 N–H and O–H groups in total. The van der Waals surface area contributed by atoms with Gasteiger partial charge in [-0.3, -0.25) is 9.78 Å². The van der Waals surface area contributed by atoms with Crippen molar-refractivity contribution < 1.29 is 4.39 Å². The number of rotatable bonds is 3. The van der Waals surface area contributed by atoms with Crippen molar-refractivity contribution in [3.05, 3.63) is 36.3 Å². The summed E-state index contributed by atoms with van der Waals surface area (Å²) in [5, 5.41) is 19.7. The highest BCUT2D eigenvalue weighted by atomic mass is 19.1. The Kier molecular flexibility index (Phi) is 4.28. The fourth-order valence-electron chi connectivity index (χ4n) is 4.39. The van der Waals surface area contributed by atoms with Crippen molar-refractivity contribution >= 4 is 44.7 Å². The molecule has 30 heavy (non-hydrogen) atoms. The third-order valence-electron chi connectivity index (χ3n) is 5.54. The fraction of sp³-hybridized carbons (Fsp3) is 0.333. The van der Waals surface area contributed by atoms with Gasteiger partial charge in [-0.2, -0.15) is 10.2 Å². The molecule has 0 amide bonds. The standard InChI is InChI=1S/C21H25FN8/c1-11-8-30(9-12(2)24-11)15-6-16(22)19-18(7-15)26-27-21(19)25-14-4-13-10-29(3)28-20(13)17(23)5-14/h4-7,10-12,24H,8-9,23H2,1-3H3,(H2,25,26,27)/t11-,12-/m1/s1. The van der Waals surface area contributed by atoms with E-state index < -0.39 is 0 Å². The second-order valence-electron chi connectivity index (χ2n) is 8.23. The van der Waals surface area contributed by atoms with E-state index in [4.69, 9.17) is 5.73 Å². The minimum Gasteiger partial charge on any atom is -0.397 e. The molecule has 0 radical (unpaired) electrons. The summed E-state index contributed by atoms with van der Waals surface area (Å²) in [6, 6.07) is 7.95. The topological polar surface area (TPSA) is 99.8 Å². The van der Waals surface area contributed by atoms with E-state index in [1.165, 1.54) is 0 Å². The van der Waals surface area contributed by atoms with Gasteiger partial charge in [-0.15, -0.1) is 0 Å². The molecule has 5 rings (SSSR count). The monoisotopic (exact) mass is 408 g/mol. The molecule has 2 aromatic heterocycles. The number of nitrogens with one attached hydrogen (secondary N) is 3. The average Bonchev–Trinajstić information content (AvgIpc) is 3.24. The molecule has 9 heteroatoms. The van der Waals surface area contributed by atoms with Crippen LogP contribution >= 0.6 is 0 Å². The number of hydrogen-bond acceptors (Lipinski definition) is 6. The summed E-state index contributed by atoms with van der Waals surface area (Å²) < 4.78 is 16.9. The first-order valence-corrected chi connectivity index (χ1v) is 10.1. The van der Waals surface area contributed by atoms with Gasteiger partial charge in [-0.1, -0.05) is 0 Å². The number of aryl methyl sites for hydroxylation is 1. The summed E-state index contributed by atoms with van der Waals surface area (Å²) in [5.41, 5.74) is 9.68. The van der Waals surface area contributed by atoms with Crippen LogP contribution in [0.4, 0.5) is 27.3 Å². The number of aromatic amines is 1. The zero-order chi connectivity index (χ0) is 21.0. The number of piperazine rings is 1. The number of nitrogen functional groups attached to an aromatic ring is 1. The summed E-state index contributed by atoms with van der Waals surface area (Å²) in [7, 11) is 1.85. The van der Waals surface area contributed by atoms with Gasteiger partial charge in [0.2, 0.25) is 0 Å². The lowest BCUT2D eigenvalue weighted by Gasteiger charge is -2.37. The van der Waals surface area contributed by atoms with Crippen LogP contribution in [0.2, 0.25) is 0 Å².